The zero-order valence-electron chi connectivity index (χ0n) is 13.3. The lowest BCUT2D eigenvalue weighted by Crippen LogP contribution is -2.10. The van der Waals surface area contributed by atoms with E-state index in [0.717, 1.165) is 15.8 Å². The molecule has 0 atom stereocenters. The predicted octanol–water partition coefficient (Wildman–Crippen LogP) is 5.52. The highest BCUT2D eigenvalue weighted by molar-refractivity contribution is 7.15. The summed E-state index contributed by atoms with van der Waals surface area (Å²) in [6.45, 7) is 0. The molecule has 0 spiro atoms. The van der Waals surface area contributed by atoms with Crippen molar-refractivity contribution in [2.45, 2.75) is 6.42 Å². The molecule has 4 aromatic rings. The molecule has 2 aromatic carbocycles. The highest BCUT2D eigenvalue weighted by Gasteiger charge is 2.15. The molecule has 4 nitrogen and oxygen atoms in total. The maximum Gasteiger partial charge on any atom is 0.261 e. The van der Waals surface area contributed by atoms with Gasteiger partial charge in [0.25, 0.3) is 5.91 Å². The van der Waals surface area contributed by atoms with Crippen LogP contribution in [0.15, 0.2) is 59.3 Å². The molecule has 0 radical (unpaired) electrons. The van der Waals surface area contributed by atoms with Crippen molar-refractivity contribution in [2.24, 2.45) is 0 Å². The zero-order valence-corrected chi connectivity index (χ0v) is 14.9. The second kappa shape index (κ2) is 6.90. The molecule has 130 valence electrons. The summed E-state index contributed by atoms with van der Waals surface area (Å²) in [5.41, 5.74) is 1.90. The van der Waals surface area contributed by atoms with E-state index in [0.29, 0.717) is 22.7 Å². The van der Waals surface area contributed by atoms with Crippen LogP contribution in [0.1, 0.15) is 20.8 Å². The Bertz CT molecular complexity index is 1110. The van der Waals surface area contributed by atoms with Crippen molar-refractivity contribution in [3.63, 3.8) is 0 Å². The zero-order chi connectivity index (χ0) is 18.1. The maximum absolute atomic E-state index is 13.5. The van der Waals surface area contributed by atoms with Gasteiger partial charge in [-0.25, -0.2) is 9.37 Å². The third kappa shape index (κ3) is 3.34. The quantitative estimate of drug-likeness (QED) is 0.502. The molecule has 1 amide bonds. The number of para-hydroxylation sites is 1. The lowest BCUT2D eigenvalue weighted by atomic mass is 10.1. The van der Waals surface area contributed by atoms with Crippen molar-refractivity contribution in [2.75, 3.05) is 5.32 Å². The summed E-state index contributed by atoms with van der Waals surface area (Å²) in [7, 11) is 0. The molecule has 4 rings (SSSR count). The number of rotatable bonds is 4. The lowest BCUT2D eigenvalue weighted by molar-refractivity contribution is 0.102. The highest BCUT2D eigenvalue weighted by Crippen LogP contribution is 2.25. The topological polar surface area (TPSA) is 55.1 Å². The average molecular weight is 387 g/mol. The number of fused-ring (bicyclic) bond motifs is 1. The third-order valence-corrected chi connectivity index (χ3v) is 5.08. The summed E-state index contributed by atoms with van der Waals surface area (Å²) in [5.74, 6) is -0.734. The Hall–Kier alpha value is -2.70. The van der Waals surface area contributed by atoms with Gasteiger partial charge < -0.3 is 4.42 Å². The normalized spacial score (nSPS) is 11.0. The number of halogens is 2. The fourth-order valence-electron chi connectivity index (χ4n) is 2.62. The van der Waals surface area contributed by atoms with Gasteiger partial charge in [-0.15, -0.1) is 11.3 Å². The standard InChI is InChI=1S/C19H12ClFN2O2S/c20-15-6-5-11(8-16(15)21)7-12-9-22-19(26-12)23-18(24)14-10-25-17-4-2-1-3-13(14)17/h1-6,8-10H,7H2,(H,22,23,24). The van der Waals surface area contributed by atoms with Gasteiger partial charge in [-0.3, -0.25) is 10.1 Å². The molecule has 0 fully saturated rings. The predicted molar refractivity (Wildman–Crippen MR) is 100 cm³/mol. The molecule has 7 heteroatoms. The number of carbonyl (C=O) groups is 1. The fourth-order valence-corrected chi connectivity index (χ4v) is 3.58. The van der Waals surface area contributed by atoms with E-state index in [9.17, 15) is 9.18 Å². The number of furan rings is 1. The Labute approximate surface area is 157 Å². The first-order chi connectivity index (χ1) is 12.6. The number of aromatic nitrogens is 1. The SMILES string of the molecule is O=C(Nc1ncc(Cc2ccc(Cl)c(F)c2)s1)c1coc2ccccc12. The van der Waals surface area contributed by atoms with E-state index < -0.39 is 5.82 Å². The van der Waals surface area contributed by atoms with Crippen molar-refractivity contribution in [1.82, 2.24) is 4.98 Å². The minimum atomic E-state index is -0.450. The van der Waals surface area contributed by atoms with E-state index in [1.807, 2.05) is 18.2 Å². The number of anilines is 1. The summed E-state index contributed by atoms with van der Waals surface area (Å²) >= 11 is 7.04. The first-order valence-corrected chi connectivity index (χ1v) is 8.96. The van der Waals surface area contributed by atoms with E-state index >= 15 is 0 Å². The van der Waals surface area contributed by atoms with Crippen LogP contribution >= 0.6 is 22.9 Å². The molecule has 1 N–H and O–H groups in total. The van der Waals surface area contributed by atoms with E-state index in [4.69, 9.17) is 16.0 Å². The van der Waals surface area contributed by atoms with Gasteiger partial charge in [0, 0.05) is 22.9 Å². The Balaban J connectivity index is 1.49. The van der Waals surface area contributed by atoms with Gasteiger partial charge in [0.15, 0.2) is 5.13 Å². The minimum Gasteiger partial charge on any atom is -0.463 e. The van der Waals surface area contributed by atoms with Crippen LogP contribution in [0.25, 0.3) is 11.0 Å². The molecule has 26 heavy (non-hydrogen) atoms. The molecule has 2 heterocycles. The molecule has 0 unspecified atom stereocenters. The van der Waals surface area contributed by atoms with Crippen molar-refractivity contribution in [1.29, 1.82) is 0 Å². The fraction of sp³-hybridized carbons (Fsp3) is 0.0526. The Morgan fingerprint density at radius 3 is 2.96 bits per heavy atom. The molecule has 0 saturated heterocycles. The van der Waals surface area contributed by atoms with Gasteiger partial charge in [-0.1, -0.05) is 35.9 Å². The third-order valence-electron chi connectivity index (χ3n) is 3.86. The highest BCUT2D eigenvalue weighted by atomic mass is 35.5. The number of amides is 1. The molecule has 2 aromatic heterocycles. The number of nitrogens with zero attached hydrogens (tertiary/aromatic N) is 1. The van der Waals surface area contributed by atoms with Crippen LogP contribution < -0.4 is 5.32 Å². The summed E-state index contributed by atoms with van der Waals surface area (Å²) in [6.07, 6.45) is 3.61. The number of nitrogens with one attached hydrogen (secondary N) is 1. The summed E-state index contributed by atoms with van der Waals surface area (Å²) in [6, 6.07) is 12.0. The second-order valence-electron chi connectivity index (χ2n) is 5.66. The number of hydrogen-bond donors (Lipinski definition) is 1. The Morgan fingerprint density at radius 1 is 1.27 bits per heavy atom. The first-order valence-electron chi connectivity index (χ1n) is 7.76. The number of carbonyl (C=O) groups excluding carboxylic acids is 1. The molecule has 0 aliphatic rings. The molecular weight excluding hydrogens is 375 g/mol. The number of benzene rings is 2. The summed E-state index contributed by atoms with van der Waals surface area (Å²) in [5, 5.41) is 4.10. The first kappa shape index (κ1) is 16.8. The largest absolute Gasteiger partial charge is 0.463 e. The van der Waals surface area contributed by atoms with Gasteiger partial charge in [0.05, 0.1) is 10.6 Å². The van der Waals surface area contributed by atoms with Gasteiger partial charge in [-0.05, 0) is 23.8 Å². The number of hydrogen-bond acceptors (Lipinski definition) is 4. The van der Waals surface area contributed by atoms with Gasteiger partial charge in [0.1, 0.15) is 17.7 Å². The van der Waals surface area contributed by atoms with Crippen LogP contribution in [-0.4, -0.2) is 10.9 Å². The maximum atomic E-state index is 13.5. The van der Waals surface area contributed by atoms with E-state index in [2.05, 4.69) is 10.3 Å². The van der Waals surface area contributed by atoms with Gasteiger partial charge in [-0.2, -0.15) is 0 Å². The van der Waals surface area contributed by atoms with E-state index in [1.54, 1.807) is 18.3 Å². The van der Waals surface area contributed by atoms with Crippen molar-refractivity contribution >= 4 is 44.9 Å². The molecule has 0 aliphatic carbocycles. The van der Waals surface area contributed by atoms with E-state index in [1.165, 1.54) is 29.7 Å². The lowest BCUT2D eigenvalue weighted by Gasteiger charge is -2.00. The van der Waals surface area contributed by atoms with Crippen molar-refractivity contribution < 1.29 is 13.6 Å². The summed E-state index contributed by atoms with van der Waals surface area (Å²) in [4.78, 5) is 17.6. The minimum absolute atomic E-state index is 0.0957. The van der Waals surface area contributed by atoms with Crippen LogP contribution in [-0.2, 0) is 6.42 Å². The van der Waals surface area contributed by atoms with Crippen molar-refractivity contribution in [3.05, 3.63) is 81.8 Å². The average Bonchev–Trinajstić information content (AvgIpc) is 3.25. The molecule has 0 bridgehead atoms. The Morgan fingerprint density at radius 2 is 2.12 bits per heavy atom. The molecule has 0 saturated carbocycles. The van der Waals surface area contributed by atoms with Gasteiger partial charge in [0.2, 0.25) is 0 Å². The number of thiazole rings is 1. The second-order valence-corrected chi connectivity index (χ2v) is 7.18. The van der Waals surface area contributed by atoms with E-state index in [-0.39, 0.29) is 10.9 Å². The van der Waals surface area contributed by atoms with Gasteiger partial charge >= 0.3 is 0 Å². The van der Waals surface area contributed by atoms with Crippen LogP contribution in [0.5, 0.6) is 0 Å². The smallest absolute Gasteiger partial charge is 0.261 e. The van der Waals surface area contributed by atoms with Crippen LogP contribution in [0.3, 0.4) is 0 Å². The molecular formula is C19H12ClFN2O2S. The Kier molecular flexibility index (Phi) is 4.44. The molecule has 0 aliphatic heterocycles. The summed E-state index contributed by atoms with van der Waals surface area (Å²) < 4.78 is 18.9. The van der Waals surface area contributed by atoms with Crippen LogP contribution in [0.2, 0.25) is 5.02 Å². The monoisotopic (exact) mass is 386 g/mol. The van der Waals surface area contributed by atoms with Crippen LogP contribution in [0, 0.1) is 5.82 Å². The van der Waals surface area contributed by atoms with Crippen molar-refractivity contribution in [3.8, 4) is 0 Å². The van der Waals surface area contributed by atoms with Crippen LogP contribution in [0.4, 0.5) is 9.52 Å².